The number of ether oxygens (including phenoxy) is 4. The van der Waals surface area contributed by atoms with Crippen LogP contribution in [0, 0.1) is 18.8 Å². The summed E-state index contributed by atoms with van der Waals surface area (Å²) < 4.78 is 27.3. The molecule has 0 saturated heterocycles. The summed E-state index contributed by atoms with van der Waals surface area (Å²) in [5.41, 5.74) is 2.36. The zero-order valence-electron chi connectivity index (χ0n) is 24.0. The van der Waals surface area contributed by atoms with Crippen molar-refractivity contribution in [2.45, 2.75) is 26.8 Å². The topological polar surface area (TPSA) is 100 Å². The number of rotatable bonds is 10. The minimum Gasteiger partial charge on any atom is -0.497 e. The van der Waals surface area contributed by atoms with E-state index in [1.807, 2.05) is 49.4 Å². The zero-order valence-corrected chi connectivity index (χ0v) is 24.0. The van der Waals surface area contributed by atoms with Gasteiger partial charge in [0.15, 0.2) is 0 Å². The van der Waals surface area contributed by atoms with Gasteiger partial charge >= 0.3 is 12.1 Å². The molecule has 1 atom stereocenters. The van der Waals surface area contributed by atoms with Crippen molar-refractivity contribution in [2.75, 3.05) is 26.9 Å². The van der Waals surface area contributed by atoms with Crippen LogP contribution in [0.4, 0.5) is 4.79 Å². The van der Waals surface area contributed by atoms with Crippen LogP contribution >= 0.6 is 0 Å². The molecule has 216 valence electrons. The maximum absolute atomic E-state index is 13.1. The van der Waals surface area contributed by atoms with Gasteiger partial charge in [0, 0.05) is 5.56 Å². The summed E-state index contributed by atoms with van der Waals surface area (Å²) in [4.78, 5) is 31.2. The van der Waals surface area contributed by atoms with Gasteiger partial charge in [0.1, 0.15) is 30.4 Å². The molecular weight excluding hydrogens is 536 g/mol. The summed E-state index contributed by atoms with van der Waals surface area (Å²) in [6.45, 7) is 5.43. The average Bonchev–Trinajstić information content (AvgIpc) is 3.39. The molecule has 0 bridgehead atoms. The van der Waals surface area contributed by atoms with E-state index in [0.29, 0.717) is 34.6 Å². The Morgan fingerprint density at radius 1 is 0.952 bits per heavy atom. The number of benzene rings is 3. The van der Waals surface area contributed by atoms with Gasteiger partial charge in [-0.15, -0.1) is 0 Å². The Morgan fingerprint density at radius 2 is 1.62 bits per heavy atom. The second-order valence-electron chi connectivity index (χ2n) is 9.11. The maximum Gasteiger partial charge on any atom is 0.416 e. The van der Waals surface area contributed by atoms with Gasteiger partial charge in [-0.2, -0.15) is 0 Å². The van der Waals surface area contributed by atoms with Crippen molar-refractivity contribution in [3.05, 3.63) is 95.9 Å². The third kappa shape index (κ3) is 7.92. The Kier molecular flexibility index (Phi) is 10.2. The van der Waals surface area contributed by atoms with Crippen molar-refractivity contribution in [3.8, 4) is 40.5 Å². The van der Waals surface area contributed by atoms with E-state index < -0.39 is 18.1 Å². The molecule has 4 aromatic rings. The van der Waals surface area contributed by atoms with Crippen LogP contribution in [0.15, 0.2) is 83.3 Å². The normalized spacial score (nSPS) is 11.0. The highest BCUT2D eigenvalue weighted by Crippen LogP contribution is 2.25. The first-order chi connectivity index (χ1) is 20.4. The number of aryl methyl sites for hydroxylation is 1. The van der Waals surface area contributed by atoms with E-state index in [1.54, 1.807) is 57.4 Å². The number of aromatic nitrogens is 1. The Balaban J connectivity index is 1.39. The number of hydrogen-bond acceptors (Lipinski definition) is 8. The van der Waals surface area contributed by atoms with Gasteiger partial charge in [-0.25, -0.2) is 9.78 Å². The molecule has 9 nitrogen and oxygen atoms in total. The van der Waals surface area contributed by atoms with Crippen LogP contribution in [0.5, 0.6) is 17.2 Å². The Bertz CT molecular complexity index is 1540. The van der Waals surface area contributed by atoms with Crippen molar-refractivity contribution >= 4 is 12.1 Å². The van der Waals surface area contributed by atoms with E-state index in [-0.39, 0.29) is 19.8 Å². The lowest BCUT2D eigenvalue weighted by Gasteiger charge is -2.28. The highest BCUT2D eigenvalue weighted by atomic mass is 16.6. The second-order valence-corrected chi connectivity index (χ2v) is 9.11. The van der Waals surface area contributed by atoms with E-state index in [4.69, 9.17) is 23.4 Å². The first kappa shape index (κ1) is 29.7. The van der Waals surface area contributed by atoms with Crippen molar-refractivity contribution in [3.63, 3.8) is 0 Å². The quantitative estimate of drug-likeness (QED) is 0.164. The molecule has 0 spiro atoms. The Morgan fingerprint density at radius 3 is 2.29 bits per heavy atom. The van der Waals surface area contributed by atoms with Gasteiger partial charge < -0.3 is 23.4 Å². The molecule has 0 aliphatic rings. The number of nitrogens with zero attached hydrogens (tertiary/aromatic N) is 2. The lowest BCUT2D eigenvalue weighted by molar-refractivity contribution is -0.144. The standard InChI is InChI=1S/C33H32N2O7/c1-5-39-31(36)22-35(33(37)41-29-19-17-27(38-4)18-20-29)24(3)25-13-15-28(16-14-25)40-21-9-12-30-23(2)34-32(42-30)26-10-7-6-8-11-26/h6-8,10-11,13-20,24H,5,21-22H2,1-4H3/t24-/m0/s1. The largest absolute Gasteiger partial charge is 0.497 e. The molecule has 0 saturated carbocycles. The number of oxazole rings is 1. The van der Waals surface area contributed by atoms with Gasteiger partial charge in [-0.05, 0) is 80.8 Å². The third-order valence-corrected chi connectivity index (χ3v) is 6.26. The second kappa shape index (κ2) is 14.4. The van der Waals surface area contributed by atoms with E-state index in [0.717, 1.165) is 11.1 Å². The number of carbonyl (C=O) groups is 2. The zero-order chi connectivity index (χ0) is 29.9. The van der Waals surface area contributed by atoms with Crippen molar-refractivity contribution < 1.29 is 33.0 Å². The molecule has 0 aliphatic heterocycles. The molecule has 0 fully saturated rings. The molecule has 1 heterocycles. The Hall–Kier alpha value is -5.23. The van der Waals surface area contributed by atoms with E-state index in [1.165, 1.54) is 4.90 Å². The molecule has 0 aliphatic carbocycles. The summed E-state index contributed by atoms with van der Waals surface area (Å²) in [5, 5.41) is 0. The maximum atomic E-state index is 13.1. The van der Waals surface area contributed by atoms with Gasteiger partial charge in [-0.1, -0.05) is 36.3 Å². The van der Waals surface area contributed by atoms with Gasteiger partial charge in [0.25, 0.3) is 0 Å². The molecule has 0 N–H and O–H groups in total. The number of amides is 1. The van der Waals surface area contributed by atoms with Crippen LogP contribution in [0.25, 0.3) is 11.5 Å². The first-order valence-corrected chi connectivity index (χ1v) is 13.4. The van der Waals surface area contributed by atoms with E-state index in [9.17, 15) is 9.59 Å². The average molecular weight is 569 g/mol. The minimum absolute atomic E-state index is 0.138. The molecule has 1 amide bonds. The van der Waals surface area contributed by atoms with Gasteiger partial charge in [0.05, 0.1) is 25.5 Å². The van der Waals surface area contributed by atoms with Crippen molar-refractivity contribution in [1.29, 1.82) is 0 Å². The van der Waals surface area contributed by atoms with E-state index >= 15 is 0 Å². The number of esters is 1. The lowest BCUT2D eigenvalue weighted by Crippen LogP contribution is -2.40. The fourth-order valence-corrected chi connectivity index (χ4v) is 3.98. The third-order valence-electron chi connectivity index (χ3n) is 6.26. The van der Waals surface area contributed by atoms with Gasteiger partial charge in [0.2, 0.25) is 11.7 Å². The van der Waals surface area contributed by atoms with Crippen LogP contribution in [0.3, 0.4) is 0 Å². The summed E-state index contributed by atoms with van der Waals surface area (Å²) >= 11 is 0. The number of hydrogen-bond donors (Lipinski definition) is 0. The highest BCUT2D eigenvalue weighted by molar-refractivity contribution is 5.79. The Labute approximate surface area is 245 Å². The monoisotopic (exact) mass is 568 g/mol. The lowest BCUT2D eigenvalue weighted by atomic mass is 10.1. The summed E-state index contributed by atoms with van der Waals surface area (Å²) in [6, 6.07) is 22.9. The molecule has 0 unspecified atom stereocenters. The predicted molar refractivity (Wildman–Crippen MR) is 156 cm³/mol. The molecule has 42 heavy (non-hydrogen) atoms. The van der Waals surface area contributed by atoms with Gasteiger partial charge in [-0.3, -0.25) is 9.69 Å². The van der Waals surface area contributed by atoms with E-state index in [2.05, 4.69) is 16.8 Å². The van der Waals surface area contributed by atoms with Crippen molar-refractivity contribution in [2.24, 2.45) is 0 Å². The summed E-state index contributed by atoms with van der Waals surface area (Å²) in [5.74, 6) is 7.95. The first-order valence-electron chi connectivity index (χ1n) is 13.4. The summed E-state index contributed by atoms with van der Waals surface area (Å²) in [6.07, 6.45) is -0.686. The minimum atomic E-state index is -0.686. The van der Waals surface area contributed by atoms with Crippen LogP contribution in [0.1, 0.15) is 36.9 Å². The summed E-state index contributed by atoms with van der Waals surface area (Å²) in [7, 11) is 1.55. The molecular formula is C33H32N2O7. The van der Waals surface area contributed by atoms with Crippen LogP contribution in [-0.2, 0) is 9.53 Å². The van der Waals surface area contributed by atoms with Crippen LogP contribution in [0.2, 0.25) is 0 Å². The molecule has 0 radical (unpaired) electrons. The van der Waals surface area contributed by atoms with Crippen molar-refractivity contribution in [1.82, 2.24) is 9.88 Å². The number of carbonyl (C=O) groups excluding carboxylic acids is 2. The highest BCUT2D eigenvalue weighted by Gasteiger charge is 2.26. The van der Waals surface area contributed by atoms with Crippen LogP contribution in [-0.4, -0.2) is 48.8 Å². The molecule has 9 heteroatoms. The SMILES string of the molecule is CCOC(=O)CN(C(=O)Oc1ccc(OC)cc1)[C@@H](C)c1ccc(OCC#Cc2oc(-c3ccccc3)nc2C)cc1. The molecule has 4 rings (SSSR count). The molecule has 1 aromatic heterocycles. The fourth-order valence-electron chi connectivity index (χ4n) is 3.98. The fraction of sp³-hybridized carbons (Fsp3) is 0.242. The number of methoxy groups -OCH3 is 1. The predicted octanol–water partition coefficient (Wildman–Crippen LogP) is 6.21. The van der Waals surface area contributed by atoms with Crippen LogP contribution < -0.4 is 14.2 Å². The smallest absolute Gasteiger partial charge is 0.416 e. The molecule has 3 aromatic carbocycles.